The van der Waals surface area contributed by atoms with Gasteiger partial charge in [-0.3, -0.25) is 14.7 Å². The first kappa shape index (κ1) is 14.8. The number of aromatic amines is 1. The highest BCUT2D eigenvalue weighted by Crippen LogP contribution is 2.27. The minimum absolute atomic E-state index is 0.0603. The van der Waals surface area contributed by atoms with Crippen LogP contribution < -0.4 is 11.1 Å². The van der Waals surface area contributed by atoms with Crippen molar-refractivity contribution in [3.05, 3.63) is 46.6 Å². The van der Waals surface area contributed by atoms with Gasteiger partial charge in [0, 0.05) is 16.7 Å². The third-order valence-corrected chi connectivity index (χ3v) is 3.75. The summed E-state index contributed by atoms with van der Waals surface area (Å²) in [6.07, 6.45) is 0. The van der Waals surface area contributed by atoms with Crippen molar-refractivity contribution in [3.63, 3.8) is 0 Å². The van der Waals surface area contributed by atoms with Crippen molar-refractivity contribution in [2.75, 3.05) is 5.32 Å². The van der Waals surface area contributed by atoms with E-state index in [-0.39, 0.29) is 11.7 Å². The van der Waals surface area contributed by atoms with Crippen molar-refractivity contribution in [2.24, 2.45) is 5.73 Å². The van der Waals surface area contributed by atoms with Crippen LogP contribution >= 0.6 is 0 Å². The first-order valence-corrected chi connectivity index (χ1v) is 6.98. The summed E-state index contributed by atoms with van der Waals surface area (Å²) in [4.78, 5) is 36.1. The molecule has 2 aromatic rings. The molecule has 4 N–H and O–H groups in total. The smallest absolute Gasteiger partial charge is 0.315 e. The summed E-state index contributed by atoms with van der Waals surface area (Å²) in [5.74, 6) is 0.0587. The number of fused-ring (bicyclic) bond motifs is 1. The van der Waals surface area contributed by atoms with E-state index in [4.69, 9.17) is 5.73 Å². The second-order valence-electron chi connectivity index (χ2n) is 5.31. The number of primary amides is 1. The number of nitrogens with two attached hydrogens (primary N) is 1. The van der Waals surface area contributed by atoms with Crippen LogP contribution in [0.5, 0.6) is 0 Å². The quantitative estimate of drug-likeness (QED) is 0.738. The van der Waals surface area contributed by atoms with Crippen LogP contribution in [0.3, 0.4) is 0 Å². The molecule has 0 aliphatic carbocycles. The Labute approximate surface area is 131 Å². The van der Waals surface area contributed by atoms with Gasteiger partial charge in [0.25, 0.3) is 5.91 Å². The summed E-state index contributed by atoms with van der Waals surface area (Å²) in [7, 11) is 0. The lowest BCUT2D eigenvalue weighted by Crippen LogP contribution is -2.31. The molecule has 0 unspecified atom stereocenters. The number of anilines is 1. The summed E-state index contributed by atoms with van der Waals surface area (Å²) in [5.41, 5.74) is 7.65. The second-order valence-corrected chi connectivity index (χ2v) is 5.31. The van der Waals surface area contributed by atoms with Gasteiger partial charge in [-0.1, -0.05) is 12.1 Å². The fourth-order valence-corrected chi connectivity index (χ4v) is 2.43. The van der Waals surface area contributed by atoms with Gasteiger partial charge >= 0.3 is 6.03 Å². The molecule has 0 fully saturated rings. The number of benzene rings is 1. The van der Waals surface area contributed by atoms with E-state index in [9.17, 15) is 14.4 Å². The Balaban J connectivity index is 1.75. The molecule has 8 heteroatoms. The molecular weight excluding hydrogens is 298 g/mol. The number of Topliss-reactive ketones (excluding diaryl/α,β-unsaturated/α-hetero) is 1. The molecule has 1 aliphatic rings. The summed E-state index contributed by atoms with van der Waals surface area (Å²) in [5, 5.41) is 9.56. The number of hydrogen-bond donors (Lipinski definition) is 3. The first-order chi connectivity index (χ1) is 11.0. The van der Waals surface area contributed by atoms with Gasteiger partial charge in [0.15, 0.2) is 5.78 Å². The Morgan fingerprint density at radius 3 is 2.43 bits per heavy atom. The van der Waals surface area contributed by atoms with Gasteiger partial charge in [0.1, 0.15) is 5.82 Å². The summed E-state index contributed by atoms with van der Waals surface area (Å²) < 4.78 is 0. The van der Waals surface area contributed by atoms with Crippen LogP contribution in [0, 0.1) is 0 Å². The average molecular weight is 313 g/mol. The van der Waals surface area contributed by atoms with E-state index in [1.54, 1.807) is 24.3 Å². The first-order valence-electron chi connectivity index (χ1n) is 6.98. The molecule has 0 saturated heterocycles. The minimum Gasteiger partial charge on any atom is -0.351 e. The Bertz CT molecular complexity index is 794. The van der Waals surface area contributed by atoms with Crippen molar-refractivity contribution in [2.45, 2.75) is 20.0 Å². The van der Waals surface area contributed by atoms with Crippen molar-refractivity contribution in [1.82, 2.24) is 15.1 Å². The maximum atomic E-state index is 12.3. The number of carbonyl (C=O) groups is 3. The maximum absolute atomic E-state index is 12.3. The molecule has 118 valence electrons. The summed E-state index contributed by atoms with van der Waals surface area (Å²) in [6.45, 7) is 2.10. The van der Waals surface area contributed by atoms with E-state index in [2.05, 4.69) is 15.5 Å². The van der Waals surface area contributed by atoms with Gasteiger partial charge in [0.05, 0.1) is 18.8 Å². The molecule has 2 heterocycles. The standard InChI is InChI=1S/C15H15N5O3/c1-8(21)9-2-4-10(5-3-9)14(22)17-13-11-6-20(15(16)23)7-12(11)18-19-13/h2-5H,6-7H2,1H3,(H2,16,23)(H2,17,18,19,22). The van der Waals surface area contributed by atoms with Crippen LogP contribution in [0.1, 0.15) is 38.9 Å². The Morgan fingerprint density at radius 2 is 1.83 bits per heavy atom. The molecule has 1 aromatic carbocycles. The number of rotatable bonds is 3. The number of ketones is 1. The molecule has 0 radical (unpaired) electrons. The Morgan fingerprint density at radius 1 is 1.17 bits per heavy atom. The number of aromatic nitrogens is 2. The molecule has 3 amide bonds. The van der Waals surface area contributed by atoms with Crippen LogP contribution in [0.4, 0.5) is 10.6 Å². The molecular formula is C15H15N5O3. The zero-order valence-corrected chi connectivity index (χ0v) is 12.4. The lowest BCUT2D eigenvalue weighted by Gasteiger charge is -2.11. The Kier molecular flexibility index (Phi) is 3.57. The number of H-pyrrole nitrogens is 1. The van der Waals surface area contributed by atoms with Crippen molar-refractivity contribution in [1.29, 1.82) is 0 Å². The van der Waals surface area contributed by atoms with E-state index < -0.39 is 6.03 Å². The monoisotopic (exact) mass is 313 g/mol. The third kappa shape index (κ3) is 2.78. The van der Waals surface area contributed by atoms with Gasteiger partial charge in [-0.15, -0.1) is 0 Å². The number of urea groups is 1. The zero-order chi connectivity index (χ0) is 16.6. The predicted molar refractivity (Wildman–Crippen MR) is 81.8 cm³/mol. The SMILES string of the molecule is CC(=O)c1ccc(C(=O)Nc2[nH]nc3c2CN(C(N)=O)C3)cc1. The van der Waals surface area contributed by atoms with Gasteiger partial charge < -0.3 is 16.0 Å². The lowest BCUT2D eigenvalue weighted by molar-refractivity contribution is 0.100. The highest BCUT2D eigenvalue weighted by molar-refractivity contribution is 6.05. The van der Waals surface area contributed by atoms with Crippen LogP contribution in [0.25, 0.3) is 0 Å². The van der Waals surface area contributed by atoms with Crippen molar-refractivity contribution in [3.8, 4) is 0 Å². The Hall–Kier alpha value is -3.16. The van der Waals surface area contributed by atoms with E-state index in [1.165, 1.54) is 11.8 Å². The lowest BCUT2D eigenvalue weighted by atomic mass is 10.1. The molecule has 1 aromatic heterocycles. The number of nitrogens with zero attached hydrogens (tertiary/aromatic N) is 2. The molecule has 23 heavy (non-hydrogen) atoms. The number of hydrogen-bond acceptors (Lipinski definition) is 4. The normalized spacial score (nSPS) is 12.8. The van der Waals surface area contributed by atoms with Crippen LogP contribution in [-0.4, -0.2) is 32.8 Å². The molecule has 0 saturated carbocycles. The molecule has 3 rings (SSSR count). The molecule has 0 atom stereocenters. The van der Waals surface area contributed by atoms with E-state index in [0.29, 0.717) is 35.7 Å². The van der Waals surface area contributed by atoms with Gasteiger partial charge in [-0.05, 0) is 19.1 Å². The van der Waals surface area contributed by atoms with Gasteiger partial charge in [0.2, 0.25) is 0 Å². The summed E-state index contributed by atoms with van der Waals surface area (Å²) >= 11 is 0. The number of carbonyl (C=O) groups excluding carboxylic acids is 3. The largest absolute Gasteiger partial charge is 0.351 e. The van der Waals surface area contributed by atoms with E-state index in [0.717, 1.165) is 5.56 Å². The molecule has 0 spiro atoms. The molecule has 0 bridgehead atoms. The van der Waals surface area contributed by atoms with Crippen LogP contribution in [0.2, 0.25) is 0 Å². The minimum atomic E-state index is -0.528. The molecule has 8 nitrogen and oxygen atoms in total. The fourth-order valence-electron chi connectivity index (χ4n) is 2.43. The topological polar surface area (TPSA) is 121 Å². The average Bonchev–Trinajstić information content (AvgIpc) is 3.09. The fraction of sp³-hybridized carbons (Fsp3) is 0.200. The van der Waals surface area contributed by atoms with Crippen LogP contribution in [0.15, 0.2) is 24.3 Å². The van der Waals surface area contributed by atoms with E-state index in [1.807, 2.05) is 0 Å². The number of amides is 3. The summed E-state index contributed by atoms with van der Waals surface area (Å²) in [6, 6.07) is 5.84. The third-order valence-electron chi connectivity index (χ3n) is 3.75. The zero-order valence-electron chi connectivity index (χ0n) is 12.4. The van der Waals surface area contributed by atoms with Crippen molar-refractivity contribution >= 4 is 23.5 Å². The van der Waals surface area contributed by atoms with Gasteiger partial charge in [-0.25, -0.2) is 4.79 Å². The number of nitrogens with one attached hydrogen (secondary N) is 2. The highest BCUT2D eigenvalue weighted by Gasteiger charge is 2.27. The second kappa shape index (κ2) is 5.56. The van der Waals surface area contributed by atoms with E-state index >= 15 is 0 Å². The maximum Gasteiger partial charge on any atom is 0.315 e. The molecule has 1 aliphatic heterocycles. The predicted octanol–water partition coefficient (Wildman–Crippen LogP) is 1.26. The highest BCUT2D eigenvalue weighted by atomic mass is 16.2. The van der Waals surface area contributed by atoms with Crippen molar-refractivity contribution < 1.29 is 14.4 Å². The van der Waals surface area contributed by atoms with Gasteiger partial charge in [-0.2, -0.15) is 5.10 Å². The van der Waals surface area contributed by atoms with Crippen LogP contribution in [-0.2, 0) is 13.1 Å².